The van der Waals surface area contributed by atoms with Crippen LogP contribution in [0, 0.1) is 17.2 Å². The van der Waals surface area contributed by atoms with Crippen molar-refractivity contribution in [2.24, 2.45) is 5.92 Å². The normalized spacial score (nSPS) is 11.4. The Morgan fingerprint density at radius 3 is 2.18 bits per heavy atom. The molecule has 0 radical (unpaired) electrons. The molecule has 1 amide bonds. The summed E-state index contributed by atoms with van der Waals surface area (Å²) in [6.45, 7) is 3.91. The minimum Gasteiger partial charge on any atom is -0.459 e. The first kappa shape index (κ1) is 24.5. The summed E-state index contributed by atoms with van der Waals surface area (Å²) in [4.78, 5) is 27.1. The van der Waals surface area contributed by atoms with E-state index in [1.807, 2.05) is 86.6 Å². The second-order valence-electron chi connectivity index (χ2n) is 8.24. The molecule has 6 heteroatoms. The van der Waals surface area contributed by atoms with Crippen molar-refractivity contribution in [1.82, 2.24) is 4.90 Å². The van der Waals surface area contributed by atoms with Crippen LogP contribution in [-0.4, -0.2) is 30.1 Å². The molecule has 6 nitrogen and oxygen atoms in total. The van der Waals surface area contributed by atoms with E-state index in [9.17, 15) is 14.9 Å². The number of hydrogen-bond donors (Lipinski definition) is 0. The van der Waals surface area contributed by atoms with Gasteiger partial charge in [0.05, 0.1) is 18.7 Å². The van der Waals surface area contributed by atoms with E-state index in [1.165, 1.54) is 12.0 Å². The Bertz CT molecular complexity index is 1150. The number of nitrogens with zero attached hydrogens (tertiary/aromatic N) is 2. The number of benzene rings is 3. The number of ether oxygens (including phenoxy) is 2. The summed E-state index contributed by atoms with van der Waals surface area (Å²) in [5.74, 6) is -0.730. The quantitative estimate of drug-likeness (QED) is 0.415. The zero-order chi connectivity index (χ0) is 24.5. The second kappa shape index (κ2) is 11.7. The summed E-state index contributed by atoms with van der Waals surface area (Å²) in [5, 5.41) is 9.73. The Morgan fingerprint density at radius 1 is 0.941 bits per heavy atom. The van der Waals surface area contributed by atoms with Gasteiger partial charge in [0, 0.05) is 6.54 Å². The van der Waals surface area contributed by atoms with Gasteiger partial charge in [-0.2, -0.15) is 5.26 Å². The van der Waals surface area contributed by atoms with Crippen LogP contribution in [-0.2, 0) is 27.4 Å². The third-order valence-corrected chi connectivity index (χ3v) is 5.48. The maximum atomic E-state index is 13.0. The first-order valence-electron chi connectivity index (χ1n) is 11.1. The molecule has 0 aromatic heterocycles. The van der Waals surface area contributed by atoms with Crippen LogP contribution >= 0.6 is 0 Å². The van der Waals surface area contributed by atoms with Crippen LogP contribution in [0.3, 0.4) is 0 Å². The molecule has 0 unspecified atom stereocenters. The lowest BCUT2D eigenvalue weighted by Crippen LogP contribution is -2.48. The van der Waals surface area contributed by atoms with Crippen LogP contribution in [0.15, 0.2) is 78.9 Å². The highest BCUT2D eigenvalue weighted by Crippen LogP contribution is 2.26. The van der Waals surface area contributed by atoms with Crippen molar-refractivity contribution in [2.45, 2.75) is 33.0 Å². The van der Waals surface area contributed by atoms with Crippen LogP contribution in [0.4, 0.5) is 4.79 Å². The molecule has 34 heavy (non-hydrogen) atoms. The fraction of sp³-hybridized carbons (Fsp3) is 0.250. The van der Waals surface area contributed by atoms with E-state index in [-0.39, 0.29) is 19.1 Å². The minimum absolute atomic E-state index is 0.0969. The van der Waals surface area contributed by atoms with E-state index >= 15 is 0 Å². The Morgan fingerprint density at radius 2 is 1.59 bits per heavy atom. The summed E-state index contributed by atoms with van der Waals surface area (Å²) in [6, 6.07) is 25.8. The number of carbonyl (C=O) groups excluding carboxylic acids is 2. The number of rotatable bonds is 8. The topological polar surface area (TPSA) is 79.6 Å². The lowest BCUT2D eigenvalue weighted by Gasteiger charge is -2.31. The number of carbonyl (C=O) groups is 2. The SMILES string of the molecule is COC(=O)N(Cc1ccc(-c2ccccc2)c(C#N)c1)[C@H](C(=O)OCc1ccccc1)C(C)C. The van der Waals surface area contributed by atoms with Gasteiger partial charge in [0.1, 0.15) is 12.6 Å². The van der Waals surface area contributed by atoms with Crippen LogP contribution < -0.4 is 0 Å². The molecule has 3 rings (SSSR count). The number of nitriles is 1. The maximum Gasteiger partial charge on any atom is 0.410 e. The van der Waals surface area contributed by atoms with Crippen molar-refractivity contribution in [2.75, 3.05) is 7.11 Å². The smallest absolute Gasteiger partial charge is 0.410 e. The number of hydrogen-bond acceptors (Lipinski definition) is 5. The van der Waals surface area contributed by atoms with Crippen molar-refractivity contribution in [3.63, 3.8) is 0 Å². The van der Waals surface area contributed by atoms with E-state index in [1.54, 1.807) is 6.07 Å². The van der Waals surface area contributed by atoms with Crippen LogP contribution in [0.5, 0.6) is 0 Å². The van der Waals surface area contributed by atoms with Gasteiger partial charge in [-0.15, -0.1) is 0 Å². The molecule has 0 spiro atoms. The summed E-state index contributed by atoms with van der Waals surface area (Å²) in [7, 11) is 1.28. The fourth-order valence-electron chi connectivity index (χ4n) is 3.82. The molecule has 1 atom stereocenters. The first-order valence-corrected chi connectivity index (χ1v) is 11.1. The van der Waals surface area contributed by atoms with Gasteiger partial charge in [-0.25, -0.2) is 9.59 Å². The van der Waals surface area contributed by atoms with Crippen molar-refractivity contribution >= 4 is 12.1 Å². The van der Waals surface area contributed by atoms with Gasteiger partial charge in [0.15, 0.2) is 0 Å². The number of esters is 1. The van der Waals surface area contributed by atoms with Crippen LogP contribution in [0.25, 0.3) is 11.1 Å². The Kier molecular flexibility index (Phi) is 8.42. The highest BCUT2D eigenvalue weighted by atomic mass is 16.6. The predicted molar refractivity (Wildman–Crippen MR) is 129 cm³/mol. The zero-order valence-corrected chi connectivity index (χ0v) is 19.6. The largest absolute Gasteiger partial charge is 0.459 e. The van der Waals surface area contributed by atoms with Crippen molar-refractivity contribution in [1.29, 1.82) is 5.26 Å². The summed E-state index contributed by atoms with van der Waals surface area (Å²) in [6.07, 6.45) is -0.638. The van der Waals surface area contributed by atoms with Gasteiger partial charge in [-0.3, -0.25) is 4.90 Å². The predicted octanol–water partition coefficient (Wildman–Crippen LogP) is 5.56. The molecule has 0 aliphatic heterocycles. The number of amides is 1. The molecule has 0 heterocycles. The summed E-state index contributed by atoms with van der Waals surface area (Å²) in [5.41, 5.74) is 3.79. The molecule has 0 saturated carbocycles. The van der Waals surface area contributed by atoms with Gasteiger partial charge in [0.25, 0.3) is 0 Å². The van der Waals surface area contributed by atoms with Gasteiger partial charge in [0.2, 0.25) is 0 Å². The second-order valence-corrected chi connectivity index (χ2v) is 8.24. The van der Waals surface area contributed by atoms with E-state index in [4.69, 9.17) is 9.47 Å². The average Bonchev–Trinajstić information content (AvgIpc) is 2.87. The molecule has 0 bridgehead atoms. The summed E-state index contributed by atoms with van der Waals surface area (Å²) < 4.78 is 10.5. The van der Waals surface area contributed by atoms with Crippen LogP contribution in [0.2, 0.25) is 0 Å². The molecule has 0 aliphatic rings. The van der Waals surface area contributed by atoms with Crippen molar-refractivity contribution in [3.05, 3.63) is 95.6 Å². The molecule has 174 valence electrons. The van der Waals surface area contributed by atoms with Crippen LogP contribution in [0.1, 0.15) is 30.5 Å². The maximum absolute atomic E-state index is 13.0. The molecule has 3 aromatic carbocycles. The Balaban J connectivity index is 1.85. The summed E-state index contributed by atoms with van der Waals surface area (Å²) >= 11 is 0. The van der Waals surface area contributed by atoms with Gasteiger partial charge in [-0.05, 0) is 34.2 Å². The minimum atomic E-state index is -0.851. The molecule has 0 fully saturated rings. The Hall–Kier alpha value is -4.11. The van der Waals surface area contributed by atoms with Crippen molar-refractivity contribution < 1.29 is 19.1 Å². The zero-order valence-electron chi connectivity index (χ0n) is 19.6. The lowest BCUT2D eigenvalue weighted by atomic mass is 9.97. The third-order valence-electron chi connectivity index (χ3n) is 5.48. The third kappa shape index (κ3) is 6.02. The highest BCUT2D eigenvalue weighted by Gasteiger charge is 2.34. The highest BCUT2D eigenvalue weighted by molar-refractivity contribution is 5.82. The van der Waals surface area contributed by atoms with E-state index in [0.29, 0.717) is 11.1 Å². The molecular weight excluding hydrogens is 428 g/mol. The van der Waals surface area contributed by atoms with Crippen molar-refractivity contribution in [3.8, 4) is 17.2 Å². The molecule has 3 aromatic rings. The monoisotopic (exact) mass is 456 g/mol. The molecule has 0 N–H and O–H groups in total. The van der Waals surface area contributed by atoms with E-state index in [0.717, 1.165) is 16.7 Å². The van der Waals surface area contributed by atoms with Gasteiger partial charge < -0.3 is 9.47 Å². The lowest BCUT2D eigenvalue weighted by molar-refractivity contribution is -0.152. The van der Waals surface area contributed by atoms with Gasteiger partial charge >= 0.3 is 12.1 Å². The standard InChI is InChI=1S/C28H28N2O4/c1-20(2)26(27(31)34-19-21-10-6-4-7-11-21)30(28(32)33-3)18-22-14-15-25(24(16-22)17-29)23-12-8-5-9-13-23/h4-16,20,26H,18-19H2,1-3H3/t26-/m0/s1. The number of methoxy groups -OCH3 is 1. The average molecular weight is 457 g/mol. The first-order chi connectivity index (χ1) is 16.4. The Labute approximate surface area is 200 Å². The molecular formula is C28H28N2O4. The molecule has 0 saturated heterocycles. The molecule has 0 aliphatic carbocycles. The van der Waals surface area contributed by atoms with Gasteiger partial charge in [-0.1, -0.05) is 86.6 Å². The fourth-order valence-corrected chi connectivity index (χ4v) is 3.82. The van der Waals surface area contributed by atoms with E-state index < -0.39 is 18.1 Å². The van der Waals surface area contributed by atoms with E-state index in [2.05, 4.69) is 6.07 Å².